The van der Waals surface area contributed by atoms with Crippen LogP contribution in [0, 0.1) is 0 Å². The molecule has 8 nitrogen and oxygen atoms in total. The summed E-state index contributed by atoms with van der Waals surface area (Å²) in [6.45, 7) is 0. The van der Waals surface area contributed by atoms with Gasteiger partial charge in [0.05, 0.1) is 25.5 Å². The number of ether oxygens (including phenoxy) is 2. The van der Waals surface area contributed by atoms with Crippen LogP contribution in [0.25, 0.3) is 0 Å². The molecule has 1 aromatic heterocycles. The highest BCUT2D eigenvalue weighted by Crippen LogP contribution is 2.23. The van der Waals surface area contributed by atoms with Crippen molar-refractivity contribution in [2.24, 2.45) is 0 Å². The number of nitrogen functional groups attached to an aromatic ring is 1. The van der Waals surface area contributed by atoms with E-state index >= 15 is 0 Å². The van der Waals surface area contributed by atoms with E-state index in [1.807, 2.05) is 0 Å². The average molecular weight is 315 g/mol. The van der Waals surface area contributed by atoms with E-state index in [0.717, 1.165) is 14.2 Å². The molecule has 2 N–H and O–H groups in total. The maximum atomic E-state index is 12.7. The molecule has 2 rings (SSSR count). The van der Waals surface area contributed by atoms with Gasteiger partial charge in [-0.05, 0) is 0 Å². The summed E-state index contributed by atoms with van der Waals surface area (Å²) < 4.78 is 9.11. The number of hydrogen-bond donors (Lipinski definition) is 1. The maximum absolute atomic E-state index is 12.7. The number of benzene rings is 1. The molecule has 1 heterocycles. The zero-order valence-corrected chi connectivity index (χ0v) is 12.4. The zero-order valence-electron chi connectivity index (χ0n) is 12.4. The summed E-state index contributed by atoms with van der Waals surface area (Å²) in [4.78, 5) is 36.2. The van der Waals surface area contributed by atoms with E-state index in [-0.39, 0.29) is 28.2 Å². The largest absolute Gasteiger partial charge is 0.464 e. The maximum Gasteiger partial charge on any atom is 0.360 e. The van der Waals surface area contributed by atoms with Gasteiger partial charge in [-0.1, -0.05) is 30.3 Å². The van der Waals surface area contributed by atoms with E-state index in [0.29, 0.717) is 0 Å². The highest BCUT2D eigenvalue weighted by molar-refractivity contribution is 6.18. The number of carbonyl (C=O) groups excluding carboxylic acids is 3. The molecule has 8 heteroatoms. The first-order valence-corrected chi connectivity index (χ1v) is 6.43. The van der Waals surface area contributed by atoms with E-state index in [2.05, 4.69) is 19.7 Å². The van der Waals surface area contributed by atoms with Crippen molar-refractivity contribution >= 4 is 23.4 Å². The molecule has 0 radical (unpaired) electrons. The summed E-state index contributed by atoms with van der Waals surface area (Å²) in [5.41, 5.74) is 4.87. The Kier molecular flexibility index (Phi) is 4.65. The molecule has 118 valence electrons. The second-order valence-corrected chi connectivity index (χ2v) is 4.36. The van der Waals surface area contributed by atoms with Gasteiger partial charge in [-0.25, -0.2) is 9.59 Å². The quantitative estimate of drug-likeness (QED) is 0.651. The molecule has 1 aromatic carbocycles. The second kappa shape index (κ2) is 6.65. The van der Waals surface area contributed by atoms with Crippen LogP contribution in [0.4, 0.5) is 5.69 Å². The van der Waals surface area contributed by atoms with E-state index in [4.69, 9.17) is 5.73 Å². The summed E-state index contributed by atoms with van der Waals surface area (Å²) in [6, 6.07) is 8.11. The van der Waals surface area contributed by atoms with Crippen LogP contribution in [0.1, 0.15) is 36.9 Å². The Balaban J connectivity index is 2.69. The van der Waals surface area contributed by atoms with Gasteiger partial charge in [0, 0.05) is 5.56 Å². The molecule has 0 saturated heterocycles. The van der Waals surface area contributed by atoms with Crippen molar-refractivity contribution in [3.63, 3.8) is 0 Å². The molecule has 0 saturated carbocycles. The molecule has 0 aliphatic heterocycles. The Hall–Kier alpha value is -3.29. The number of rotatable bonds is 4. The van der Waals surface area contributed by atoms with Gasteiger partial charge in [0.15, 0.2) is 17.2 Å². The molecule has 0 bridgehead atoms. The van der Waals surface area contributed by atoms with Crippen LogP contribution < -0.4 is 5.73 Å². The summed E-state index contributed by atoms with van der Waals surface area (Å²) in [6.07, 6.45) is 0. The first-order chi connectivity index (χ1) is 11.0. The van der Waals surface area contributed by atoms with Crippen LogP contribution in [-0.2, 0) is 9.47 Å². The predicted octanol–water partition coefficient (Wildman–Crippen LogP) is 0.863. The zero-order chi connectivity index (χ0) is 17.0. The third-order valence-electron chi connectivity index (χ3n) is 3.03. The highest BCUT2D eigenvalue weighted by Gasteiger charge is 2.28. The van der Waals surface area contributed by atoms with Crippen LogP contribution in [0.5, 0.6) is 0 Å². The Morgan fingerprint density at radius 3 is 2.00 bits per heavy atom. The van der Waals surface area contributed by atoms with E-state index in [1.54, 1.807) is 30.3 Å². The van der Waals surface area contributed by atoms with E-state index in [1.165, 1.54) is 0 Å². The first-order valence-electron chi connectivity index (χ1n) is 6.43. The van der Waals surface area contributed by atoms with Gasteiger partial charge in [-0.15, -0.1) is 10.2 Å². The summed E-state index contributed by atoms with van der Waals surface area (Å²) in [7, 11) is 2.27. The Morgan fingerprint density at radius 1 is 0.913 bits per heavy atom. The lowest BCUT2D eigenvalue weighted by Crippen LogP contribution is -2.21. The van der Waals surface area contributed by atoms with Gasteiger partial charge < -0.3 is 15.2 Å². The van der Waals surface area contributed by atoms with Crippen molar-refractivity contribution in [1.82, 2.24) is 10.2 Å². The lowest BCUT2D eigenvalue weighted by atomic mass is 9.99. The fourth-order valence-corrected chi connectivity index (χ4v) is 1.90. The van der Waals surface area contributed by atoms with Crippen LogP contribution in [-0.4, -0.2) is 42.1 Å². The summed E-state index contributed by atoms with van der Waals surface area (Å²) in [5, 5.41) is 7.15. The second-order valence-electron chi connectivity index (χ2n) is 4.36. The van der Waals surface area contributed by atoms with Gasteiger partial charge >= 0.3 is 11.9 Å². The fraction of sp³-hybridized carbons (Fsp3) is 0.133. The van der Waals surface area contributed by atoms with Crippen LogP contribution >= 0.6 is 0 Å². The van der Waals surface area contributed by atoms with Gasteiger partial charge in [-0.2, -0.15) is 0 Å². The molecule has 0 aliphatic carbocycles. The lowest BCUT2D eigenvalue weighted by molar-refractivity contribution is 0.0573. The van der Waals surface area contributed by atoms with Crippen LogP contribution in [0.15, 0.2) is 30.3 Å². The van der Waals surface area contributed by atoms with Gasteiger partial charge in [0.25, 0.3) is 0 Å². The Morgan fingerprint density at radius 2 is 1.43 bits per heavy atom. The minimum atomic E-state index is -0.889. The molecular formula is C15H13N3O5. The molecule has 0 spiro atoms. The molecular weight excluding hydrogens is 302 g/mol. The van der Waals surface area contributed by atoms with Crippen molar-refractivity contribution in [3.05, 3.63) is 52.8 Å². The lowest BCUT2D eigenvalue weighted by Gasteiger charge is -2.11. The fourth-order valence-electron chi connectivity index (χ4n) is 1.90. The Labute approximate surface area is 131 Å². The minimum Gasteiger partial charge on any atom is -0.464 e. The van der Waals surface area contributed by atoms with Crippen LogP contribution in [0.3, 0.4) is 0 Å². The number of hydrogen-bond acceptors (Lipinski definition) is 8. The monoisotopic (exact) mass is 315 g/mol. The van der Waals surface area contributed by atoms with Crippen molar-refractivity contribution in [3.8, 4) is 0 Å². The number of aromatic nitrogens is 2. The van der Waals surface area contributed by atoms with Gasteiger partial charge in [-0.3, -0.25) is 4.79 Å². The standard InChI is InChI=1S/C15H13N3O5/c1-22-14(20)11-9(13(19)8-6-4-3-5-7-8)10(16)12(18-17-11)15(21)23-2/h3-7H,1-2H3,(H2,16,17). The van der Waals surface area contributed by atoms with Crippen LogP contribution in [0.2, 0.25) is 0 Å². The van der Waals surface area contributed by atoms with Crippen molar-refractivity contribution in [1.29, 1.82) is 0 Å². The third kappa shape index (κ3) is 3.00. The normalized spacial score (nSPS) is 10.0. The number of ketones is 1. The number of carbonyl (C=O) groups is 3. The van der Waals surface area contributed by atoms with E-state index in [9.17, 15) is 14.4 Å². The van der Waals surface area contributed by atoms with Crippen molar-refractivity contribution in [2.45, 2.75) is 0 Å². The molecule has 0 fully saturated rings. The van der Waals surface area contributed by atoms with Crippen molar-refractivity contribution in [2.75, 3.05) is 20.0 Å². The molecule has 0 unspecified atom stereocenters. The van der Waals surface area contributed by atoms with Gasteiger partial charge in [0.2, 0.25) is 0 Å². The topological polar surface area (TPSA) is 121 Å². The van der Waals surface area contributed by atoms with Gasteiger partial charge in [0.1, 0.15) is 0 Å². The average Bonchev–Trinajstić information content (AvgIpc) is 2.60. The highest BCUT2D eigenvalue weighted by atomic mass is 16.5. The molecule has 2 aromatic rings. The number of anilines is 1. The SMILES string of the molecule is COC(=O)c1nnc(C(=O)OC)c(C(=O)c2ccccc2)c1N. The molecule has 0 atom stereocenters. The summed E-state index contributed by atoms with van der Waals surface area (Å²) >= 11 is 0. The summed E-state index contributed by atoms with van der Waals surface area (Å²) in [5.74, 6) is -2.34. The number of methoxy groups -OCH3 is 2. The molecule has 0 amide bonds. The number of esters is 2. The third-order valence-corrected chi connectivity index (χ3v) is 3.03. The predicted molar refractivity (Wildman–Crippen MR) is 79.0 cm³/mol. The Bertz CT molecular complexity index is 774. The van der Waals surface area contributed by atoms with E-state index < -0.39 is 17.7 Å². The first kappa shape index (κ1) is 16.1. The smallest absolute Gasteiger partial charge is 0.360 e. The number of nitrogens with two attached hydrogens (primary N) is 1. The minimum absolute atomic E-state index is 0.251. The number of nitrogens with zero attached hydrogens (tertiary/aromatic N) is 2. The molecule has 0 aliphatic rings. The molecule has 23 heavy (non-hydrogen) atoms. The van der Waals surface area contributed by atoms with Crippen molar-refractivity contribution < 1.29 is 23.9 Å².